The molecule has 13 heteroatoms. The van der Waals surface area contributed by atoms with Crippen LogP contribution in [0, 0.1) is 5.92 Å². The van der Waals surface area contributed by atoms with Crippen LogP contribution in [-0.4, -0.2) is 93.4 Å². The fourth-order valence-corrected chi connectivity index (χ4v) is 6.76. The minimum Gasteiger partial charge on any atom is -0.497 e. The first-order valence-corrected chi connectivity index (χ1v) is 17.9. The van der Waals surface area contributed by atoms with Gasteiger partial charge >= 0.3 is 6.03 Å². The number of carbonyl (C=O) groups is 2. The number of aliphatic hydroxyl groups excluding tert-OH is 1. The normalized spacial score (nSPS) is 20.0. The Kier molecular flexibility index (Phi) is 13.4. The highest BCUT2D eigenvalue weighted by Gasteiger charge is 2.32. The molecular weight excluding hydrogens is 648 g/mol. The van der Waals surface area contributed by atoms with Crippen LogP contribution in [-0.2, 0) is 14.8 Å². The van der Waals surface area contributed by atoms with E-state index in [1.807, 2.05) is 13.8 Å². The van der Waals surface area contributed by atoms with Crippen molar-refractivity contribution in [2.75, 3.05) is 51.1 Å². The average molecular weight is 697 g/mol. The van der Waals surface area contributed by atoms with E-state index in [4.69, 9.17) is 14.2 Å². The van der Waals surface area contributed by atoms with Crippen molar-refractivity contribution in [3.63, 3.8) is 0 Å². The third-order valence-corrected chi connectivity index (χ3v) is 10.4. The molecule has 49 heavy (non-hydrogen) atoms. The van der Waals surface area contributed by atoms with E-state index in [0.717, 1.165) is 12.8 Å². The summed E-state index contributed by atoms with van der Waals surface area (Å²) in [5, 5.41) is 15.8. The standard InChI is InChI=1S/C36H48N4O8S/c1-25-22-40(26(2)24-41)35(42)32-21-29(38-36(43)37-28-14-17-30(46-5)18-15-28)16-19-33(32)48-27(3)11-9-10-20-47-34(25)23-39(4)49(44,45)31-12-7-6-8-13-31/h6-8,12-19,21,25-27,34,41H,9-11,20,22-24H2,1-5H3,(H2,37,38,43)/t25-,26+,27-,34-/m0/s1. The number of urea groups is 1. The first-order chi connectivity index (χ1) is 23.4. The topological polar surface area (TPSA) is 147 Å². The molecule has 0 fully saturated rings. The molecule has 0 aliphatic carbocycles. The fourth-order valence-electron chi connectivity index (χ4n) is 5.55. The van der Waals surface area contributed by atoms with E-state index >= 15 is 0 Å². The molecule has 0 radical (unpaired) electrons. The van der Waals surface area contributed by atoms with Crippen LogP contribution in [0.2, 0.25) is 0 Å². The van der Waals surface area contributed by atoms with Gasteiger partial charge in [0.25, 0.3) is 5.91 Å². The molecule has 3 aromatic carbocycles. The smallest absolute Gasteiger partial charge is 0.323 e. The molecule has 0 bridgehead atoms. The molecule has 3 amide bonds. The van der Waals surface area contributed by atoms with E-state index < -0.39 is 34.1 Å². The third kappa shape index (κ3) is 10.2. The van der Waals surface area contributed by atoms with Crippen molar-refractivity contribution in [2.45, 2.75) is 63.2 Å². The maximum atomic E-state index is 14.4. The van der Waals surface area contributed by atoms with Crippen LogP contribution in [0.15, 0.2) is 77.7 Å². The Morgan fingerprint density at radius 1 is 1.04 bits per heavy atom. The van der Waals surface area contributed by atoms with Gasteiger partial charge in [-0.15, -0.1) is 0 Å². The largest absolute Gasteiger partial charge is 0.497 e. The summed E-state index contributed by atoms with van der Waals surface area (Å²) >= 11 is 0. The summed E-state index contributed by atoms with van der Waals surface area (Å²) in [6.45, 7) is 5.91. The average Bonchev–Trinajstić information content (AvgIpc) is 3.10. The minimum absolute atomic E-state index is 0.0708. The number of likely N-dealkylation sites (N-methyl/N-ethyl adjacent to an activating group) is 1. The number of nitrogens with one attached hydrogen (secondary N) is 2. The summed E-state index contributed by atoms with van der Waals surface area (Å²) in [6, 6.07) is 18.9. The second-order valence-corrected chi connectivity index (χ2v) is 14.5. The highest BCUT2D eigenvalue weighted by molar-refractivity contribution is 7.89. The molecule has 3 aromatic rings. The Morgan fingerprint density at radius 3 is 2.39 bits per heavy atom. The van der Waals surface area contributed by atoms with Gasteiger partial charge in [0, 0.05) is 44.0 Å². The Bertz CT molecular complexity index is 1640. The predicted molar refractivity (Wildman–Crippen MR) is 189 cm³/mol. The second kappa shape index (κ2) is 17.5. The number of benzene rings is 3. The molecular formula is C36H48N4O8S. The zero-order chi connectivity index (χ0) is 35.6. The lowest BCUT2D eigenvalue weighted by atomic mass is 10.0. The van der Waals surface area contributed by atoms with Gasteiger partial charge in [0.05, 0.1) is 42.4 Å². The van der Waals surface area contributed by atoms with Crippen molar-refractivity contribution < 1.29 is 37.3 Å². The van der Waals surface area contributed by atoms with Gasteiger partial charge in [-0.05, 0) is 87.7 Å². The third-order valence-electron chi connectivity index (χ3n) is 8.55. The molecule has 1 aliphatic heterocycles. The van der Waals surface area contributed by atoms with Crippen molar-refractivity contribution in [3.8, 4) is 11.5 Å². The van der Waals surface area contributed by atoms with Crippen molar-refractivity contribution in [2.24, 2.45) is 5.92 Å². The van der Waals surface area contributed by atoms with E-state index in [1.54, 1.807) is 91.7 Å². The number of methoxy groups -OCH3 is 1. The van der Waals surface area contributed by atoms with Gasteiger partial charge in [-0.2, -0.15) is 4.31 Å². The van der Waals surface area contributed by atoms with E-state index in [9.17, 15) is 23.1 Å². The van der Waals surface area contributed by atoms with Crippen molar-refractivity contribution in [1.82, 2.24) is 9.21 Å². The van der Waals surface area contributed by atoms with E-state index in [-0.39, 0.29) is 42.2 Å². The number of sulfonamides is 1. The van der Waals surface area contributed by atoms with Crippen molar-refractivity contribution in [1.29, 1.82) is 0 Å². The van der Waals surface area contributed by atoms with Gasteiger partial charge in [0.2, 0.25) is 10.0 Å². The summed E-state index contributed by atoms with van der Waals surface area (Å²) in [5.41, 5.74) is 1.15. The van der Waals surface area contributed by atoms with Gasteiger partial charge in [-0.25, -0.2) is 13.2 Å². The number of ether oxygens (including phenoxy) is 3. The van der Waals surface area contributed by atoms with Gasteiger partial charge in [0.15, 0.2) is 0 Å². The highest BCUT2D eigenvalue weighted by Crippen LogP contribution is 2.29. The van der Waals surface area contributed by atoms with Gasteiger partial charge < -0.3 is 34.9 Å². The monoisotopic (exact) mass is 696 g/mol. The Labute approximate surface area is 289 Å². The molecule has 3 N–H and O–H groups in total. The van der Waals surface area contributed by atoms with E-state index in [2.05, 4.69) is 10.6 Å². The van der Waals surface area contributed by atoms with Crippen LogP contribution >= 0.6 is 0 Å². The minimum atomic E-state index is -3.78. The van der Waals surface area contributed by atoms with Gasteiger partial charge in [-0.3, -0.25) is 4.79 Å². The molecule has 266 valence electrons. The van der Waals surface area contributed by atoms with Crippen LogP contribution in [0.3, 0.4) is 0 Å². The molecule has 0 spiro atoms. The Morgan fingerprint density at radius 2 is 1.71 bits per heavy atom. The number of fused-ring (bicyclic) bond motifs is 1. The van der Waals surface area contributed by atoms with Crippen LogP contribution < -0.4 is 20.1 Å². The summed E-state index contributed by atoms with van der Waals surface area (Å²) < 4.78 is 45.8. The summed E-state index contributed by atoms with van der Waals surface area (Å²) in [6.07, 6.45) is 1.45. The number of amides is 3. The number of aliphatic hydroxyl groups is 1. The first kappa shape index (κ1) is 37.6. The molecule has 1 aliphatic rings. The lowest BCUT2D eigenvalue weighted by molar-refractivity contribution is -0.00833. The van der Waals surface area contributed by atoms with Crippen LogP contribution in [0.25, 0.3) is 0 Å². The summed E-state index contributed by atoms with van der Waals surface area (Å²) in [4.78, 5) is 29.0. The molecule has 0 unspecified atom stereocenters. The maximum absolute atomic E-state index is 14.4. The molecule has 1 heterocycles. The van der Waals surface area contributed by atoms with Gasteiger partial charge in [0.1, 0.15) is 11.5 Å². The van der Waals surface area contributed by atoms with Gasteiger partial charge in [-0.1, -0.05) is 25.1 Å². The number of carbonyl (C=O) groups excluding carboxylic acids is 2. The Hall–Kier alpha value is -4.17. The lowest BCUT2D eigenvalue weighted by Crippen LogP contribution is -2.48. The van der Waals surface area contributed by atoms with Crippen molar-refractivity contribution in [3.05, 3.63) is 78.4 Å². The summed E-state index contributed by atoms with van der Waals surface area (Å²) in [5.74, 6) is 0.285. The van der Waals surface area contributed by atoms with Crippen LogP contribution in [0.1, 0.15) is 50.4 Å². The lowest BCUT2D eigenvalue weighted by Gasteiger charge is -2.35. The summed E-state index contributed by atoms with van der Waals surface area (Å²) in [7, 11) is -0.697. The number of hydrogen-bond acceptors (Lipinski definition) is 8. The molecule has 0 saturated heterocycles. The molecule has 12 nitrogen and oxygen atoms in total. The number of rotatable bonds is 9. The molecule has 0 saturated carbocycles. The predicted octanol–water partition coefficient (Wildman–Crippen LogP) is 5.46. The Balaban J connectivity index is 1.61. The van der Waals surface area contributed by atoms with Crippen LogP contribution in [0.5, 0.6) is 11.5 Å². The highest BCUT2D eigenvalue weighted by atomic mass is 32.2. The number of anilines is 2. The molecule has 0 aromatic heterocycles. The SMILES string of the molecule is COc1ccc(NC(=O)Nc2ccc3c(c2)C(=O)N([C@H](C)CO)C[C@H](C)[C@H](CN(C)S(=O)(=O)c2ccccc2)OCCCC[C@H](C)O3)cc1. The van der Waals surface area contributed by atoms with E-state index in [1.165, 1.54) is 11.4 Å². The molecule has 4 rings (SSSR count). The second-order valence-electron chi connectivity index (χ2n) is 12.4. The zero-order valence-electron chi connectivity index (χ0n) is 28.8. The van der Waals surface area contributed by atoms with Crippen molar-refractivity contribution >= 4 is 33.3 Å². The van der Waals surface area contributed by atoms with E-state index in [0.29, 0.717) is 35.9 Å². The maximum Gasteiger partial charge on any atom is 0.323 e. The fraction of sp³-hybridized carbons (Fsp3) is 0.444. The quantitative estimate of drug-likeness (QED) is 0.268. The number of nitrogens with zero attached hydrogens (tertiary/aromatic N) is 2. The zero-order valence-corrected chi connectivity index (χ0v) is 29.6. The number of hydrogen-bond donors (Lipinski definition) is 3. The first-order valence-electron chi connectivity index (χ1n) is 16.5. The molecule has 4 atom stereocenters. The van der Waals surface area contributed by atoms with Crippen LogP contribution in [0.4, 0.5) is 16.2 Å².